The maximum absolute atomic E-state index is 12.6. The van der Waals surface area contributed by atoms with Crippen LogP contribution in [-0.4, -0.2) is 29.9 Å². The van der Waals surface area contributed by atoms with Crippen molar-refractivity contribution in [1.29, 1.82) is 0 Å². The van der Waals surface area contributed by atoms with Crippen molar-refractivity contribution < 1.29 is 4.79 Å². The first-order valence-corrected chi connectivity index (χ1v) is 7.87. The van der Waals surface area contributed by atoms with Gasteiger partial charge in [0, 0.05) is 25.6 Å². The van der Waals surface area contributed by atoms with Crippen molar-refractivity contribution in [2.24, 2.45) is 5.73 Å². The first-order valence-electron chi connectivity index (χ1n) is 7.87. The summed E-state index contributed by atoms with van der Waals surface area (Å²) in [6.07, 6.45) is 6.35. The van der Waals surface area contributed by atoms with Crippen molar-refractivity contribution in [3.05, 3.63) is 35.4 Å². The zero-order valence-corrected chi connectivity index (χ0v) is 13.3. The Morgan fingerprint density at radius 2 is 2.05 bits per heavy atom. The van der Waals surface area contributed by atoms with E-state index < -0.39 is 0 Å². The third-order valence-electron chi connectivity index (χ3n) is 4.88. The van der Waals surface area contributed by atoms with Gasteiger partial charge in [-0.1, -0.05) is 24.3 Å². The van der Waals surface area contributed by atoms with Crippen LogP contribution in [0.4, 0.5) is 0 Å². The molecule has 1 saturated heterocycles. The van der Waals surface area contributed by atoms with Crippen molar-refractivity contribution in [1.82, 2.24) is 4.90 Å². The topological polar surface area (TPSA) is 46.3 Å². The highest BCUT2D eigenvalue weighted by Gasteiger charge is 2.30. The molecule has 116 valence electrons. The molecule has 2 unspecified atom stereocenters. The Morgan fingerprint density at radius 3 is 2.86 bits per heavy atom. The standard InChI is InChI=1S/C17H24N2O.ClH/c18-12-15-8-4-10-19(15)17(20)11-14-7-3-6-13-5-1-2-9-16(13)14;/h1-2,5,9,14-15H,3-4,6-8,10-12,18H2;1H. The van der Waals surface area contributed by atoms with Gasteiger partial charge in [0.2, 0.25) is 5.91 Å². The Labute approximate surface area is 133 Å². The highest BCUT2D eigenvalue weighted by Crippen LogP contribution is 2.34. The minimum absolute atomic E-state index is 0. The van der Waals surface area contributed by atoms with E-state index in [1.54, 1.807) is 0 Å². The lowest BCUT2D eigenvalue weighted by Gasteiger charge is -2.29. The maximum Gasteiger partial charge on any atom is 0.223 e. The lowest BCUT2D eigenvalue weighted by Crippen LogP contribution is -2.40. The largest absolute Gasteiger partial charge is 0.338 e. The van der Waals surface area contributed by atoms with E-state index in [0.717, 1.165) is 32.2 Å². The Morgan fingerprint density at radius 1 is 1.24 bits per heavy atom. The summed E-state index contributed by atoms with van der Waals surface area (Å²) in [5.41, 5.74) is 8.61. The molecule has 0 saturated carbocycles. The van der Waals surface area contributed by atoms with Crippen molar-refractivity contribution in [2.75, 3.05) is 13.1 Å². The van der Waals surface area contributed by atoms with Crippen LogP contribution in [0.15, 0.2) is 24.3 Å². The van der Waals surface area contributed by atoms with Gasteiger partial charge in [-0.05, 0) is 49.1 Å². The molecule has 1 aromatic carbocycles. The first-order chi connectivity index (χ1) is 9.79. The monoisotopic (exact) mass is 308 g/mol. The molecule has 1 heterocycles. The summed E-state index contributed by atoms with van der Waals surface area (Å²) in [4.78, 5) is 14.6. The minimum atomic E-state index is 0. The van der Waals surface area contributed by atoms with Crippen LogP contribution in [0, 0.1) is 0 Å². The molecule has 0 spiro atoms. The molecule has 0 aromatic heterocycles. The van der Waals surface area contributed by atoms with Gasteiger partial charge in [-0.15, -0.1) is 12.4 Å². The lowest BCUT2D eigenvalue weighted by atomic mass is 9.81. The molecule has 1 aliphatic heterocycles. The van der Waals surface area contributed by atoms with Crippen LogP contribution in [0.5, 0.6) is 0 Å². The molecule has 2 aliphatic rings. The van der Waals surface area contributed by atoms with Gasteiger partial charge in [-0.2, -0.15) is 0 Å². The van der Waals surface area contributed by atoms with E-state index in [-0.39, 0.29) is 18.4 Å². The average molecular weight is 309 g/mol. The number of nitrogens with zero attached hydrogens (tertiary/aromatic N) is 1. The van der Waals surface area contributed by atoms with Gasteiger partial charge in [0.1, 0.15) is 0 Å². The van der Waals surface area contributed by atoms with E-state index in [2.05, 4.69) is 24.3 Å². The van der Waals surface area contributed by atoms with Gasteiger partial charge in [-0.25, -0.2) is 0 Å². The van der Waals surface area contributed by atoms with E-state index in [1.807, 2.05) is 4.90 Å². The van der Waals surface area contributed by atoms with Gasteiger partial charge in [0.25, 0.3) is 0 Å². The number of benzene rings is 1. The van der Waals surface area contributed by atoms with Crippen LogP contribution in [0.3, 0.4) is 0 Å². The fraction of sp³-hybridized carbons (Fsp3) is 0.588. The third-order valence-corrected chi connectivity index (χ3v) is 4.88. The van der Waals surface area contributed by atoms with Gasteiger partial charge in [0.05, 0.1) is 0 Å². The molecule has 0 bridgehead atoms. The van der Waals surface area contributed by atoms with E-state index >= 15 is 0 Å². The lowest BCUT2D eigenvalue weighted by molar-refractivity contribution is -0.132. The van der Waals surface area contributed by atoms with Gasteiger partial charge >= 0.3 is 0 Å². The molecule has 3 nitrogen and oxygen atoms in total. The summed E-state index contributed by atoms with van der Waals surface area (Å²) in [7, 11) is 0. The molecule has 1 fully saturated rings. The van der Waals surface area contributed by atoms with Crippen LogP contribution < -0.4 is 5.73 Å². The molecule has 1 aromatic rings. The van der Waals surface area contributed by atoms with Gasteiger partial charge in [-0.3, -0.25) is 4.79 Å². The van der Waals surface area contributed by atoms with E-state index in [4.69, 9.17) is 5.73 Å². The first kappa shape index (κ1) is 16.3. The summed E-state index contributed by atoms with van der Waals surface area (Å²) in [5, 5.41) is 0. The number of carbonyl (C=O) groups excluding carboxylic acids is 1. The van der Waals surface area contributed by atoms with Crippen molar-refractivity contribution in [3.8, 4) is 0 Å². The molecular weight excluding hydrogens is 284 g/mol. The van der Waals surface area contributed by atoms with E-state index in [0.29, 0.717) is 24.8 Å². The predicted octanol–water partition coefficient (Wildman–Crippen LogP) is 2.87. The second-order valence-electron chi connectivity index (χ2n) is 6.11. The molecule has 2 N–H and O–H groups in total. The summed E-state index contributed by atoms with van der Waals surface area (Å²) < 4.78 is 0. The zero-order chi connectivity index (χ0) is 13.9. The van der Waals surface area contributed by atoms with Crippen molar-refractivity contribution in [2.45, 2.75) is 50.5 Å². The highest BCUT2D eigenvalue weighted by atomic mass is 35.5. The van der Waals surface area contributed by atoms with Crippen molar-refractivity contribution in [3.63, 3.8) is 0 Å². The number of aryl methyl sites for hydroxylation is 1. The number of hydrogen-bond acceptors (Lipinski definition) is 2. The molecule has 0 radical (unpaired) electrons. The average Bonchev–Trinajstić information content (AvgIpc) is 2.96. The maximum atomic E-state index is 12.6. The molecule has 1 aliphatic carbocycles. The fourth-order valence-corrected chi connectivity index (χ4v) is 3.80. The van der Waals surface area contributed by atoms with Gasteiger partial charge in [0.15, 0.2) is 0 Å². The Kier molecular flexibility index (Phi) is 5.65. The van der Waals surface area contributed by atoms with E-state index in [9.17, 15) is 4.79 Å². The van der Waals surface area contributed by atoms with Gasteiger partial charge < -0.3 is 10.6 Å². The number of fused-ring (bicyclic) bond motifs is 1. The summed E-state index contributed by atoms with van der Waals surface area (Å²) in [6.45, 7) is 1.50. The number of amides is 1. The highest BCUT2D eigenvalue weighted by molar-refractivity contribution is 5.85. The molecule has 1 amide bonds. The predicted molar refractivity (Wildman–Crippen MR) is 87.8 cm³/mol. The summed E-state index contributed by atoms with van der Waals surface area (Å²) in [6, 6.07) is 8.90. The number of hydrogen-bond donors (Lipinski definition) is 1. The van der Waals surface area contributed by atoms with Crippen molar-refractivity contribution >= 4 is 18.3 Å². The third kappa shape index (κ3) is 3.41. The number of nitrogens with two attached hydrogens (primary N) is 1. The Hall–Kier alpha value is -1.06. The Balaban J connectivity index is 0.00000161. The second kappa shape index (κ2) is 7.28. The van der Waals surface area contributed by atoms with Crippen LogP contribution >= 0.6 is 12.4 Å². The zero-order valence-electron chi connectivity index (χ0n) is 12.5. The molecular formula is C17H25ClN2O. The van der Waals surface area contributed by atoms with Crippen LogP contribution in [0.25, 0.3) is 0 Å². The number of rotatable bonds is 3. The fourth-order valence-electron chi connectivity index (χ4n) is 3.80. The quantitative estimate of drug-likeness (QED) is 0.933. The van der Waals surface area contributed by atoms with Crippen LogP contribution in [0.1, 0.15) is 49.1 Å². The Bertz CT molecular complexity index is 491. The molecule has 4 heteroatoms. The van der Waals surface area contributed by atoms with E-state index in [1.165, 1.54) is 17.5 Å². The molecule has 2 atom stereocenters. The van der Waals surface area contributed by atoms with Crippen LogP contribution in [-0.2, 0) is 11.2 Å². The smallest absolute Gasteiger partial charge is 0.223 e. The molecule has 21 heavy (non-hydrogen) atoms. The number of halogens is 1. The SMILES string of the molecule is Cl.NCC1CCCN1C(=O)CC1CCCc2ccccc21. The van der Waals surface area contributed by atoms with Crippen LogP contribution in [0.2, 0.25) is 0 Å². The number of likely N-dealkylation sites (tertiary alicyclic amines) is 1. The summed E-state index contributed by atoms with van der Waals surface area (Å²) in [5.74, 6) is 0.714. The second-order valence-corrected chi connectivity index (χ2v) is 6.11. The minimum Gasteiger partial charge on any atom is -0.338 e. The number of carbonyl (C=O) groups is 1. The normalized spacial score (nSPS) is 24.3. The molecule has 3 rings (SSSR count). The summed E-state index contributed by atoms with van der Waals surface area (Å²) >= 11 is 0.